The Labute approximate surface area is 93.0 Å². The van der Waals surface area contributed by atoms with Crippen LogP contribution in [0.25, 0.3) is 0 Å². The Balaban J connectivity index is 1.92. The normalized spacial score (nSPS) is 22.4. The monoisotopic (exact) mass is 217 g/mol. The van der Waals surface area contributed by atoms with E-state index in [9.17, 15) is 4.79 Å². The van der Waals surface area contributed by atoms with E-state index in [1.54, 1.807) is 23.3 Å². The second-order valence-electron chi connectivity index (χ2n) is 3.58. The third kappa shape index (κ3) is 2.37. The van der Waals surface area contributed by atoms with Gasteiger partial charge in [-0.1, -0.05) is 12.1 Å². The van der Waals surface area contributed by atoms with E-state index in [-0.39, 0.29) is 6.04 Å². The molecule has 0 bridgehead atoms. The van der Waals surface area contributed by atoms with Gasteiger partial charge in [0.1, 0.15) is 6.04 Å². The second kappa shape index (κ2) is 4.31. The molecule has 2 N–H and O–H groups in total. The maximum absolute atomic E-state index is 10.9. The zero-order valence-electron chi connectivity index (χ0n) is 8.59. The third-order valence-electron chi connectivity index (χ3n) is 2.32. The first kappa shape index (κ1) is 10.6. The molecule has 1 fully saturated rings. The highest BCUT2D eigenvalue weighted by Crippen LogP contribution is 2.18. The van der Waals surface area contributed by atoms with Crippen molar-refractivity contribution < 1.29 is 9.63 Å². The summed E-state index contributed by atoms with van der Waals surface area (Å²) in [6.07, 6.45) is 0. The zero-order chi connectivity index (χ0) is 11.5. The Bertz CT molecular complexity index is 453. The van der Waals surface area contributed by atoms with Gasteiger partial charge < -0.3 is 5.73 Å². The molecule has 0 aliphatic carbocycles. The lowest BCUT2D eigenvalue weighted by atomic mass is 10.1. The largest absolute Gasteiger partial charge is 0.366 e. The van der Waals surface area contributed by atoms with Crippen molar-refractivity contribution in [1.82, 2.24) is 5.06 Å². The van der Waals surface area contributed by atoms with E-state index < -0.39 is 5.91 Å². The van der Waals surface area contributed by atoms with Crippen LogP contribution in [0.2, 0.25) is 0 Å². The average Bonchev–Trinajstić information content (AvgIpc) is 3.05. The molecule has 2 unspecified atom stereocenters. The maximum Gasteiger partial charge on any atom is 0.248 e. The van der Waals surface area contributed by atoms with E-state index in [2.05, 4.69) is 6.07 Å². The van der Waals surface area contributed by atoms with Crippen LogP contribution in [0.3, 0.4) is 0 Å². The van der Waals surface area contributed by atoms with Crippen LogP contribution in [0, 0.1) is 11.3 Å². The van der Waals surface area contributed by atoms with Crippen molar-refractivity contribution in [1.29, 1.82) is 5.26 Å². The van der Waals surface area contributed by atoms with Gasteiger partial charge in [-0.2, -0.15) is 10.3 Å². The van der Waals surface area contributed by atoms with E-state index >= 15 is 0 Å². The molecule has 1 aliphatic rings. The highest BCUT2D eigenvalue weighted by atomic mass is 16.7. The van der Waals surface area contributed by atoms with Gasteiger partial charge in [0.15, 0.2) is 0 Å². The molecule has 82 valence electrons. The number of carbonyl (C=O) groups is 1. The smallest absolute Gasteiger partial charge is 0.248 e. The first-order valence-corrected chi connectivity index (χ1v) is 4.88. The van der Waals surface area contributed by atoms with Gasteiger partial charge in [-0.15, -0.1) is 0 Å². The Morgan fingerprint density at radius 2 is 2.50 bits per heavy atom. The first-order chi connectivity index (χ1) is 7.70. The number of hydrogen-bond acceptors (Lipinski definition) is 4. The van der Waals surface area contributed by atoms with Crippen LogP contribution >= 0.6 is 0 Å². The Kier molecular flexibility index (Phi) is 2.86. The van der Waals surface area contributed by atoms with Crippen molar-refractivity contribution in [2.75, 3.05) is 6.54 Å². The summed E-state index contributed by atoms with van der Waals surface area (Å²) in [5.41, 5.74) is 6.48. The minimum absolute atomic E-state index is 0.126. The number of hydroxylamine groups is 2. The number of amides is 1. The molecule has 16 heavy (non-hydrogen) atoms. The highest BCUT2D eigenvalue weighted by Gasteiger charge is 2.35. The molecule has 0 saturated carbocycles. The summed E-state index contributed by atoms with van der Waals surface area (Å²) in [6.45, 7) is 0.991. The molecule has 1 aliphatic heterocycles. The van der Waals surface area contributed by atoms with Gasteiger partial charge in [0, 0.05) is 5.56 Å². The molecule has 1 aromatic carbocycles. The molecule has 0 aromatic heterocycles. The number of primary amides is 1. The average molecular weight is 217 g/mol. The topological polar surface area (TPSA) is 79.1 Å². The van der Waals surface area contributed by atoms with Gasteiger partial charge in [-0.25, -0.2) is 0 Å². The maximum atomic E-state index is 10.9. The van der Waals surface area contributed by atoms with Crippen molar-refractivity contribution >= 4 is 5.91 Å². The SMILES string of the molecule is N#CC1CN1OCc1cccc(C(N)=O)c1. The summed E-state index contributed by atoms with van der Waals surface area (Å²) < 4.78 is 0. The van der Waals surface area contributed by atoms with Crippen LogP contribution in [0.1, 0.15) is 15.9 Å². The molecule has 2 atom stereocenters. The van der Waals surface area contributed by atoms with Crippen LogP contribution in [0.4, 0.5) is 0 Å². The summed E-state index contributed by atoms with van der Waals surface area (Å²) in [6, 6.07) is 8.90. The number of rotatable bonds is 4. The summed E-state index contributed by atoms with van der Waals surface area (Å²) in [7, 11) is 0. The minimum atomic E-state index is -0.455. The molecule has 5 nitrogen and oxygen atoms in total. The molecule has 1 heterocycles. The molecule has 1 amide bonds. The highest BCUT2D eigenvalue weighted by molar-refractivity contribution is 5.92. The van der Waals surface area contributed by atoms with Crippen molar-refractivity contribution in [3.63, 3.8) is 0 Å². The number of hydrogen-bond donors (Lipinski definition) is 1. The molecular formula is C11H11N3O2. The lowest BCUT2D eigenvalue weighted by molar-refractivity contribution is -0.0826. The predicted octanol–water partition coefficient (Wildman–Crippen LogP) is 0.425. The van der Waals surface area contributed by atoms with Crippen LogP contribution in [-0.4, -0.2) is 23.6 Å². The van der Waals surface area contributed by atoms with E-state index in [1.807, 2.05) is 6.07 Å². The predicted molar refractivity (Wildman–Crippen MR) is 55.9 cm³/mol. The molecule has 1 saturated heterocycles. The van der Waals surface area contributed by atoms with Crippen LogP contribution in [0.15, 0.2) is 24.3 Å². The second-order valence-corrected chi connectivity index (χ2v) is 3.58. The summed E-state index contributed by atoms with van der Waals surface area (Å²) in [4.78, 5) is 16.3. The van der Waals surface area contributed by atoms with E-state index in [0.717, 1.165) is 5.56 Å². The van der Waals surface area contributed by atoms with Gasteiger partial charge in [0.25, 0.3) is 0 Å². The van der Waals surface area contributed by atoms with Gasteiger partial charge in [-0.05, 0) is 17.7 Å². The Morgan fingerprint density at radius 3 is 3.12 bits per heavy atom. The molecule has 0 radical (unpaired) electrons. The van der Waals surface area contributed by atoms with Crippen molar-refractivity contribution in [3.8, 4) is 6.07 Å². The van der Waals surface area contributed by atoms with Crippen LogP contribution in [-0.2, 0) is 11.4 Å². The van der Waals surface area contributed by atoms with E-state index in [0.29, 0.717) is 18.7 Å². The van der Waals surface area contributed by atoms with Crippen molar-refractivity contribution in [2.45, 2.75) is 12.6 Å². The Hall–Kier alpha value is -1.90. The molecule has 1 aromatic rings. The fourth-order valence-corrected chi connectivity index (χ4v) is 1.34. The molecule has 5 heteroatoms. The number of carbonyl (C=O) groups excluding carboxylic acids is 1. The summed E-state index contributed by atoms with van der Waals surface area (Å²) in [5, 5.41) is 10.2. The fourth-order valence-electron chi connectivity index (χ4n) is 1.34. The fraction of sp³-hybridized carbons (Fsp3) is 0.273. The number of nitriles is 1. The van der Waals surface area contributed by atoms with E-state index in [4.69, 9.17) is 15.8 Å². The molecule has 0 spiro atoms. The Morgan fingerprint density at radius 1 is 1.69 bits per heavy atom. The quantitative estimate of drug-likeness (QED) is 0.741. The van der Waals surface area contributed by atoms with Gasteiger partial charge in [-0.3, -0.25) is 9.63 Å². The van der Waals surface area contributed by atoms with Crippen molar-refractivity contribution in [2.24, 2.45) is 5.73 Å². The lowest BCUT2D eigenvalue weighted by Gasteiger charge is -2.04. The molecule has 2 rings (SSSR count). The lowest BCUT2D eigenvalue weighted by Crippen LogP contribution is -2.11. The summed E-state index contributed by atoms with van der Waals surface area (Å²) >= 11 is 0. The van der Waals surface area contributed by atoms with Gasteiger partial charge >= 0.3 is 0 Å². The van der Waals surface area contributed by atoms with E-state index in [1.165, 1.54) is 0 Å². The standard InChI is InChI=1S/C11H11N3O2/c12-5-10-6-14(10)16-7-8-2-1-3-9(4-8)11(13)15/h1-4,10H,6-7H2,(H2,13,15). The van der Waals surface area contributed by atoms with Gasteiger partial charge in [0.2, 0.25) is 5.91 Å². The van der Waals surface area contributed by atoms with Crippen LogP contribution in [0.5, 0.6) is 0 Å². The molecular weight excluding hydrogens is 206 g/mol. The van der Waals surface area contributed by atoms with Crippen LogP contribution < -0.4 is 5.73 Å². The van der Waals surface area contributed by atoms with Crippen molar-refractivity contribution in [3.05, 3.63) is 35.4 Å². The number of nitrogens with two attached hydrogens (primary N) is 1. The summed E-state index contributed by atoms with van der Waals surface area (Å²) in [5.74, 6) is -0.455. The zero-order valence-corrected chi connectivity index (χ0v) is 8.59. The number of benzene rings is 1. The third-order valence-corrected chi connectivity index (χ3v) is 2.32. The number of nitrogens with zero attached hydrogens (tertiary/aromatic N) is 2. The first-order valence-electron chi connectivity index (χ1n) is 4.88. The minimum Gasteiger partial charge on any atom is -0.366 e. The van der Waals surface area contributed by atoms with Gasteiger partial charge in [0.05, 0.1) is 19.2 Å².